The molecule has 0 aliphatic heterocycles. The minimum absolute atomic E-state index is 0.660. The minimum Gasteiger partial charge on any atom is -0.375 e. The van der Waals surface area contributed by atoms with Gasteiger partial charge < -0.3 is 10.1 Å². The molecule has 3 rings (SSSR count). The zero-order chi connectivity index (χ0) is 13.8. The first kappa shape index (κ1) is 14.2. The van der Waals surface area contributed by atoms with Gasteiger partial charge in [-0.1, -0.05) is 19.1 Å². The van der Waals surface area contributed by atoms with E-state index >= 15 is 0 Å². The number of hydrogen-bond donors (Lipinski definition) is 1. The molecule has 1 saturated carbocycles. The maximum absolute atomic E-state index is 5.87. The van der Waals surface area contributed by atoms with Gasteiger partial charge in [0.1, 0.15) is 5.01 Å². The van der Waals surface area contributed by atoms with Crippen molar-refractivity contribution in [2.75, 3.05) is 6.61 Å². The quantitative estimate of drug-likeness (QED) is 0.781. The lowest BCUT2D eigenvalue weighted by Gasteiger charge is -2.24. The van der Waals surface area contributed by atoms with Crippen molar-refractivity contribution in [3.05, 3.63) is 28.2 Å². The first-order valence-corrected chi connectivity index (χ1v) is 8.58. The molecule has 0 radical (unpaired) electrons. The van der Waals surface area contributed by atoms with Gasteiger partial charge in [0, 0.05) is 18.0 Å². The van der Waals surface area contributed by atoms with Gasteiger partial charge in [-0.2, -0.15) is 0 Å². The van der Waals surface area contributed by atoms with Crippen molar-refractivity contribution in [3.8, 4) is 0 Å². The summed E-state index contributed by atoms with van der Waals surface area (Å²) in [6.07, 6.45) is 9.60. The van der Waals surface area contributed by atoms with Gasteiger partial charge in [-0.15, -0.1) is 11.3 Å². The summed E-state index contributed by atoms with van der Waals surface area (Å²) in [5.74, 6) is 1.42. The predicted molar refractivity (Wildman–Crippen MR) is 82.7 cm³/mol. The van der Waals surface area contributed by atoms with Gasteiger partial charge >= 0.3 is 0 Å². The molecule has 0 spiro atoms. The van der Waals surface area contributed by atoms with Crippen LogP contribution < -0.4 is 5.32 Å². The standard InChI is InChI=1S/C16H24N2OS/c1-12-4-2-3-5-13(12)9-19-10-15-11-20-16(18-15)8-17-14-6-7-14/h2-3,11-14,17H,4-10H2,1H3. The largest absolute Gasteiger partial charge is 0.375 e. The zero-order valence-electron chi connectivity index (χ0n) is 12.2. The number of ether oxygens (including phenoxy) is 1. The smallest absolute Gasteiger partial charge is 0.107 e. The van der Waals surface area contributed by atoms with E-state index < -0.39 is 0 Å². The Morgan fingerprint density at radius 1 is 1.35 bits per heavy atom. The fourth-order valence-electron chi connectivity index (χ4n) is 2.57. The lowest BCUT2D eigenvalue weighted by atomic mass is 9.85. The van der Waals surface area contributed by atoms with E-state index in [9.17, 15) is 0 Å². The molecule has 0 amide bonds. The highest BCUT2D eigenvalue weighted by Gasteiger charge is 2.21. The van der Waals surface area contributed by atoms with E-state index in [0.717, 1.165) is 37.2 Å². The van der Waals surface area contributed by atoms with Crippen LogP contribution in [0.25, 0.3) is 0 Å². The number of rotatable bonds is 7. The Morgan fingerprint density at radius 3 is 3.00 bits per heavy atom. The van der Waals surface area contributed by atoms with E-state index in [4.69, 9.17) is 4.74 Å². The Kier molecular flexibility index (Phi) is 4.86. The predicted octanol–water partition coefficient (Wildman–Crippen LogP) is 3.51. The highest BCUT2D eigenvalue weighted by Crippen LogP contribution is 2.25. The summed E-state index contributed by atoms with van der Waals surface area (Å²) in [5.41, 5.74) is 1.08. The SMILES string of the molecule is CC1CC=CCC1COCc1csc(CNC2CC2)n1. The van der Waals surface area contributed by atoms with Gasteiger partial charge in [-0.05, 0) is 37.5 Å². The summed E-state index contributed by atoms with van der Waals surface area (Å²) in [6, 6.07) is 0.749. The van der Waals surface area contributed by atoms with Crippen LogP contribution >= 0.6 is 11.3 Å². The molecule has 1 fully saturated rings. The van der Waals surface area contributed by atoms with Crippen molar-refractivity contribution in [1.29, 1.82) is 0 Å². The maximum Gasteiger partial charge on any atom is 0.107 e. The van der Waals surface area contributed by atoms with Crippen molar-refractivity contribution in [2.45, 2.75) is 51.8 Å². The summed E-state index contributed by atoms with van der Waals surface area (Å²) >= 11 is 1.74. The van der Waals surface area contributed by atoms with Crippen molar-refractivity contribution >= 4 is 11.3 Å². The Labute approximate surface area is 125 Å². The van der Waals surface area contributed by atoms with Crippen LogP contribution in [0.15, 0.2) is 17.5 Å². The van der Waals surface area contributed by atoms with Crippen molar-refractivity contribution in [1.82, 2.24) is 10.3 Å². The van der Waals surface area contributed by atoms with Crippen LogP contribution in [0.3, 0.4) is 0 Å². The maximum atomic E-state index is 5.87. The van der Waals surface area contributed by atoms with Crippen molar-refractivity contribution < 1.29 is 4.74 Å². The molecule has 2 atom stereocenters. The first-order valence-electron chi connectivity index (χ1n) is 7.70. The number of hydrogen-bond acceptors (Lipinski definition) is 4. The summed E-state index contributed by atoms with van der Waals surface area (Å²) < 4.78 is 5.87. The summed E-state index contributed by atoms with van der Waals surface area (Å²) in [6.45, 7) is 4.76. The molecule has 0 aromatic carbocycles. The van der Waals surface area contributed by atoms with Gasteiger partial charge in [0.25, 0.3) is 0 Å². The molecule has 1 aromatic rings. The third-order valence-corrected chi connectivity index (χ3v) is 5.12. The Morgan fingerprint density at radius 2 is 2.20 bits per heavy atom. The average molecular weight is 292 g/mol. The van der Waals surface area contributed by atoms with Gasteiger partial charge in [0.15, 0.2) is 0 Å². The zero-order valence-corrected chi connectivity index (χ0v) is 13.0. The molecule has 2 aliphatic rings. The van der Waals surface area contributed by atoms with E-state index in [1.807, 2.05) is 0 Å². The molecule has 1 aromatic heterocycles. The second-order valence-corrected chi connectivity index (χ2v) is 7.03. The molecule has 0 saturated heterocycles. The normalized spacial score (nSPS) is 26.1. The van der Waals surface area contributed by atoms with Crippen LogP contribution in [0.2, 0.25) is 0 Å². The number of nitrogens with zero attached hydrogens (tertiary/aromatic N) is 1. The summed E-state index contributed by atoms with van der Waals surface area (Å²) in [7, 11) is 0. The van der Waals surface area contributed by atoms with E-state index in [1.165, 1.54) is 24.3 Å². The topological polar surface area (TPSA) is 34.1 Å². The molecule has 1 N–H and O–H groups in total. The molecule has 0 bridgehead atoms. The van der Waals surface area contributed by atoms with E-state index in [-0.39, 0.29) is 0 Å². The number of thiazole rings is 1. The average Bonchev–Trinajstić information content (AvgIpc) is 3.18. The third-order valence-electron chi connectivity index (χ3n) is 4.22. The first-order chi connectivity index (χ1) is 9.81. The van der Waals surface area contributed by atoms with Crippen LogP contribution in [0, 0.1) is 11.8 Å². The van der Waals surface area contributed by atoms with Crippen LogP contribution in [0.4, 0.5) is 0 Å². The molecule has 3 nitrogen and oxygen atoms in total. The highest BCUT2D eigenvalue weighted by atomic mass is 32.1. The minimum atomic E-state index is 0.660. The van der Waals surface area contributed by atoms with Crippen LogP contribution in [-0.2, 0) is 17.9 Å². The molecule has 20 heavy (non-hydrogen) atoms. The number of aromatic nitrogens is 1. The highest BCUT2D eigenvalue weighted by molar-refractivity contribution is 7.09. The number of nitrogens with one attached hydrogen (secondary N) is 1. The monoisotopic (exact) mass is 292 g/mol. The Bertz CT molecular complexity index is 453. The lowest BCUT2D eigenvalue weighted by molar-refractivity contribution is 0.0664. The summed E-state index contributed by atoms with van der Waals surface area (Å²) in [5, 5.41) is 6.82. The molecule has 110 valence electrons. The second-order valence-electron chi connectivity index (χ2n) is 6.08. The van der Waals surface area contributed by atoms with Gasteiger partial charge in [0.2, 0.25) is 0 Å². The Balaban J connectivity index is 1.38. The van der Waals surface area contributed by atoms with Crippen LogP contribution in [0.5, 0.6) is 0 Å². The molecule has 1 heterocycles. The van der Waals surface area contributed by atoms with E-state index in [1.54, 1.807) is 11.3 Å². The fourth-order valence-corrected chi connectivity index (χ4v) is 3.30. The fraction of sp³-hybridized carbons (Fsp3) is 0.688. The number of allylic oxidation sites excluding steroid dienone is 2. The Hall–Kier alpha value is -0.710. The van der Waals surface area contributed by atoms with Gasteiger partial charge in [-0.3, -0.25) is 0 Å². The molecule has 2 aliphatic carbocycles. The van der Waals surface area contributed by atoms with E-state index in [2.05, 4.69) is 34.8 Å². The van der Waals surface area contributed by atoms with E-state index in [0.29, 0.717) is 12.5 Å². The molecule has 4 heteroatoms. The summed E-state index contributed by atoms with van der Waals surface area (Å²) in [4.78, 5) is 4.63. The van der Waals surface area contributed by atoms with Crippen LogP contribution in [-0.4, -0.2) is 17.6 Å². The molecule has 2 unspecified atom stereocenters. The molecular formula is C16H24N2OS. The van der Waals surface area contributed by atoms with Crippen LogP contribution in [0.1, 0.15) is 43.3 Å². The lowest BCUT2D eigenvalue weighted by Crippen LogP contribution is -2.19. The van der Waals surface area contributed by atoms with Crippen molar-refractivity contribution in [2.24, 2.45) is 11.8 Å². The van der Waals surface area contributed by atoms with Gasteiger partial charge in [0.05, 0.1) is 18.9 Å². The molecular weight excluding hydrogens is 268 g/mol. The third kappa shape index (κ3) is 4.14. The second kappa shape index (κ2) is 6.83. The van der Waals surface area contributed by atoms with Crippen molar-refractivity contribution in [3.63, 3.8) is 0 Å². The van der Waals surface area contributed by atoms with Gasteiger partial charge in [-0.25, -0.2) is 4.98 Å².